The number of carbonyl (C=O) groups is 1. The zero-order valence-corrected chi connectivity index (χ0v) is 12.4. The fourth-order valence-electron chi connectivity index (χ4n) is 3.26. The number of anilines is 1. The molecule has 2 heterocycles. The van der Waals surface area contributed by atoms with E-state index in [-0.39, 0.29) is 22.7 Å². The first kappa shape index (κ1) is 14.6. The van der Waals surface area contributed by atoms with Crippen LogP contribution < -0.4 is 10.6 Å². The van der Waals surface area contributed by atoms with E-state index in [4.69, 9.17) is 4.74 Å². The summed E-state index contributed by atoms with van der Waals surface area (Å²) in [6, 6.07) is -0.442. The van der Waals surface area contributed by atoms with Crippen molar-refractivity contribution in [2.75, 3.05) is 11.9 Å². The average molecular weight is 318 g/mol. The fraction of sp³-hybridized carbons (Fsp3) is 0.750. The number of carbonyl (C=O) groups excluding carboxylic acids is 1. The van der Waals surface area contributed by atoms with Gasteiger partial charge in [-0.1, -0.05) is 25.2 Å². The molecule has 6 nitrogen and oxygen atoms in total. The lowest BCUT2D eigenvalue weighted by Crippen LogP contribution is -2.67. The van der Waals surface area contributed by atoms with Crippen LogP contribution in [0.2, 0.25) is 0 Å². The van der Waals surface area contributed by atoms with Gasteiger partial charge < -0.3 is 10.1 Å². The number of nitrogens with zero attached hydrogens (tertiary/aromatic N) is 2. The quantitative estimate of drug-likeness (QED) is 0.897. The van der Waals surface area contributed by atoms with Crippen molar-refractivity contribution in [1.29, 1.82) is 0 Å². The van der Waals surface area contributed by atoms with E-state index < -0.39 is 17.5 Å². The summed E-state index contributed by atoms with van der Waals surface area (Å²) in [4.78, 5) is 12.0. The molecule has 116 valence electrons. The summed E-state index contributed by atoms with van der Waals surface area (Å²) in [5.74, 6) is 0.316. The number of fused-ring (bicyclic) bond motifs is 1. The number of urea groups is 1. The van der Waals surface area contributed by atoms with Crippen LogP contribution in [0.4, 0.5) is 18.7 Å². The standard InChI is InChI=1S/C12H16F2N4O2S/c1-12(2)6(5-3-4-20-7(5)12)15-10(19)16-11-18-17-9(21-11)8(13)14/h5-8H,3-4H2,1-2H3,(H2,15,16,18,19)/t5-,6+,7-/m0/s1. The SMILES string of the molecule is CC1(C)[C@H](NC(=O)Nc2nnc(C(F)F)s2)[C@@H]2CCO[C@@H]21. The monoisotopic (exact) mass is 318 g/mol. The minimum Gasteiger partial charge on any atom is -0.377 e. The van der Waals surface area contributed by atoms with Crippen LogP contribution in [0, 0.1) is 11.3 Å². The summed E-state index contributed by atoms with van der Waals surface area (Å²) in [5.41, 5.74) is -0.131. The highest BCUT2D eigenvalue weighted by Crippen LogP contribution is 2.52. The normalized spacial score (nSPS) is 29.9. The lowest BCUT2D eigenvalue weighted by atomic mass is 9.57. The van der Waals surface area contributed by atoms with Gasteiger partial charge in [-0.05, 0) is 6.42 Å². The number of hydrogen-bond acceptors (Lipinski definition) is 5. The van der Waals surface area contributed by atoms with Crippen molar-refractivity contribution in [1.82, 2.24) is 15.5 Å². The second kappa shape index (κ2) is 5.13. The Balaban J connectivity index is 1.59. The van der Waals surface area contributed by atoms with E-state index in [1.807, 2.05) is 13.8 Å². The van der Waals surface area contributed by atoms with Gasteiger partial charge in [0.15, 0.2) is 5.01 Å². The van der Waals surface area contributed by atoms with Gasteiger partial charge in [0.25, 0.3) is 6.43 Å². The summed E-state index contributed by atoms with van der Waals surface area (Å²) < 4.78 is 30.5. The van der Waals surface area contributed by atoms with Gasteiger partial charge in [-0.3, -0.25) is 5.32 Å². The maximum atomic E-state index is 12.4. The molecule has 3 atom stereocenters. The molecule has 0 bridgehead atoms. The van der Waals surface area contributed by atoms with E-state index in [2.05, 4.69) is 20.8 Å². The first-order valence-electron chi connectivity index (χ1n) is 6.70. The van der Waals surface area contributed by atoms with Gasteiger partial charge in [-0.15, -0.1) is 10.2 Å². The summed E-state index contributed by atoms with van der Waals surface area (Å²) in [5, 5.41) is 11.8. The minimum absolute atomic E-state index is 0.00694. The maximum Gasteiger partial charge on any atom is 0.321 e. The van der Waals surface area contributed by atoms with Crippen molar-refractivity contribution >= 4 is 22.5 Å². The van der Waals surface area contributed by atoms with E-state index in [9.17, 15) is 13.6 Å². The number of rotatable bonds is 3. The van der Waals surface area contributed by atoms with Gasteiger partial charge in [0, 0.05) is 24.0 Å². The highest BCUT2D eigenvalue weighted by atomic mass is 32.1. The molecule has 1 aromatic heterocycles. The second-order valence-electron chi connectivity index (χ2n) is 5.89. The van der Waals surface area contributed by atoms with Crippen molar-refractivity contribution in [3.63, 3.8) is 0 Å². The molecule has 2 amide bonds. The third-order valence-corrected chi connectivity index (χ3v) is 5.08. The van der Waals surface area contributed by atoms with Crippen molar-refractivity contribution in [3.05, 3.63) is 5.01 Å². The molecule has 1 saturated heterocycles. The second-order valence-corrected chi connectivity index (χ2v) is 6.90. The van der Waals surface area contributed by atoms with Crippen LogP contribution in [0.5, 0.6) is 0 Å². The summed E-state index contributed by atoms with van der Waals surface area (Å²) in [6.07, 6.45) is -1.58. The summed E-state index contributed by atoms with van der Waals surface area (Å²) >= 11 is 0.672. The van der Waals surface area contributed by atoms with Gasteiger partial charge in [-0.2, -0.15) is 0 Å². The number of amides is 2. The Morgan fingerprint density at radius 1 is 1.48 bits per heavy atom. The van der Waals surface area contributed by atoms with Gasteiger partial charge in [0.05, 0.1) is 6.10 Å². The Labute approximate surface area is 124 Å². The summed E-state index contributed by atoms with van der Waals surface area (Å²) in [6.45, 7) is 4.81. The molecular weight excluding hydrogens is 302 g/mol. The van der Waals surface area contributed by atoms with Crippen LogP contribution in [0.1, 0.15) is 31.7 Å². The molecule has 9 heteroatoms. The third-order valence-electron chi connectivity index (χ3n) is 4.23. The largest absolute Gasteiger partial charge is 0.377 e. The lowest BCUT2D eigenvalue weighted by molar-refractivity contribution is -0.107. The van der Waals surface area contributed by atoms with Gasteiger partial charge >= 0.3 is 6.03 Å². The van der Waals surface area contributed by atoms with Crippen molar-refractivity contribution < 1.29 is 18.3 Å². The maximum absolute atomic E-state index is 12.4. The van der Waals surface area contributed by atoms with Gasteiger partial charge in [0.1, 0.15) is 0 Å². The van der Waals surface area contributed by atoms with Crippen LogP contribution in [-0.2, 0) is 4.74 Å². The number of nitrogens with one attached hydrogen (secondary N) is 2. The number of hydrogen-bond donors (Lipinski definition) is 2. The van der Waals surface area contributed by atoms with Crippen LogP contribution >= 0.6 is 11.3 Å². The molecule has 1 aliphatic carbocycles. The average Bonchev–Trinajstić information content (AvgIpc) is 3.03. The van der Waals surface area contributed by atoms with Crippen molar-refractivity contribution in [2.45, 2.75) is 38.8 Å². The number of alkyl halides is 2. The lowest BCUT2D eigenvalue weighted by Gasteiger charge is -2.54. The van der Waals surface area contributed by atoms with Crippen LogP contribution in [-0.4, -0.2) is 35.0 Å². The predicted octanol–water partition coefficient (Wildman–Crippen LogP) is 2.41. The molecule has 3 rings (SSSR count). The molecule has 2 N–H and O–H groups in total. The number of aromatic nitrogens is 2. The molecule has 0 unspecified atom stereocenters. The van der Waals surface area contributed by atoms with Crippen LogP contribution in [0.25, 0.3) is 0 Å². The molecule has 1 aliphatic heterocycles. The molecule has 1 aromatic rings. The third kappa shape index (κ3) is 2.48. The number of ether oxygens (including phenoxy) is 1. The van der Waals surface area contributed by atoms with Gasteiger partial charge in [-0.25, -0.2) is 13.6 Å². The fourth-order valence-corrected chi connectivity index (χ4v) is 3.86. The predicted molar refractivity (Wildman–Crippen MR) is 72.4 cm³/mol. The molecule has 0 spiro atoms. The summed E-state index contributed by atoms with van der Waals surface area (Å²) in [7, 11) is 0. The first-order chi connectivity index (χ1) is 9.89. The topological polar surface area (TPSA) is 76.1 Å². The van der Waals surface area contributed by atoms with Crippen molar-refractivity contribution in [2.24, 2.45) is 11.3 Å². The number of halogens is 2. The van der Waals surface area contributed by atoms with E-state index in [1.165, 1.54) is 0 Å². The molecule has 2 fully saturated rings. The van der Waals surface area contributed by atoms with E-state index in [0.29, 0.717) is 23.9 Å². The Morgan fingerprint density at radius 2 is 2.24 bits per heavy atom. The highest BCUT2D eigenvalue weighted by Gasteiger charge is 2.59. The molecular formula is C12H16F2N4O2S. The molecule has 21 heavy (non-hydrogen) atoms. The molecule has 2 aliphatic rings. The Bertz CT molecular complexity index is 551. The molecule has 1 saturated carbocycles. The van der Waals surface area contributed by atoms with Crippen LogP contribution in [0.3, 0.4) is 0 Å². The minimum atomic E-state index is -2.68. The van der Waals surface area contributed by atoms with E-state index in [0.717, 1.165) is 6.42 Å². The first-order valence-corrected chi connectivity index (χ1v) is 7.52. The molecule has 0 radical (unpaired) electrons. The molecule has 0 aromatic carbocycles. The zero-order valence-electron chi connectivity index (χ0n) is 11.6. The highest BCUT2D eigenvalue weighted by molar-refractivity contribution is 7.15. The van der Waals surface area contributed by atoms with E-state index >= 15 is 0 Å². The smallest absolute Gasteiger partial charge is 0.321 e. The van der Waals surface area contributed by atoms with Crippen molar-refractivity contribution in [3.8, 4) is 0 Å². The Morgan fingerprint density at radius 3 is 2.90 bits per heavy atom. The van der Waals surface area contributed by atoms with Crippen LogP contribution in [0.15, 0.2) is 0 Å². The van der Waals surface area contributed by atoms with Gasteiger partial charge in [0.2, 0.25) is 5.13 Å². The Kier molecular flexibility index (Phi) is 3.56. The Hall–Kier alpha value is -1.35. The zero-order chi connectivity index (χ0) is 15.2. The van der Waals surface area contributed by atoms with E-state index in [1.54, 1.807) is 0 Å².